The highest BCUT2D eigenvalue weighted by Crippen LogP contribution is 2.62. The lowest BCUT2D eigenvalue weighted by molar-refractivity contribution is -0.130. The molecule has 0 aromatic heterocycles. The van der Waals surface area contributed by atoms with E-state index < -0.39 is 0 Å². The Kier molecular flexibility index (Phi) is 6.13. The van der Waals surface area contributed by atoms with Crippen LogP contribution in [0.1, 0.15) is 124 Å². The van der Waals surface area contributed by atoms with E-state index in [1.165, 1.54) is 44.9 Å². The molecule has 0 atom stereocenters. The summed E-state index contributed by atoms with van der Waals surface area (Å²) in [7, 11) is 0. The maximum atomic E-state index is 12.0. The predicted molar refractivity (Wildman–Crippen MR) is 130 cm³/mol. The number of carbonyl (C=O) groups is 1. The first-order valence-corrected chi connectivity index (χ1v) is 14.2. The van der Waals surface area contributed by atoms with Gasteiger partial charge in [0.2, 0.25) is 0 Å². The third-order valence-corrected chi connectivity index (χ3v) is 10.8. The third kappa shape index (κ3) is 4.82. The van der Waals surface area contributed by atoms with Crippen LogP contribution in [0, 0.1) is 58.2 Å². The molecule has 0 saturated heterocycles. The van der Waals surface area contributed by atoms with Crippen LogP contribution in [0.25, 0.3) is 0 Å². The summed E-state index contributed by atoms with van der Waals surface area (Å²) in [6.45, 7) is 8.90. The van der Waals surface area contributed by atoms with E-state index in [-0.39, 0.29) is 5.92 Å². The Morgan fingerprint density at radius 2 is 1.00 bits per heavy atom. The summed E-state index contributed by atoms with van der Waals surface area (Å²) < 4.78 is 0. The molecule has 1 nitrogen and oxygen atoms in total. The average molecular weight is 427 g/mol. The highest BCUT2D eigenvalue weighted by molar-refractivity contribution is 5.81. The average Bonchev–Trinajstić information content (AvgIpc) is 2.64. The molecule has 8 rings (SSSR count). The number of hydrogen-bond donors (Lipinski definition) is 0. The van der Waals surface area contributed by atoms with Gasteiger partial charge >= 0.3 is 0 Å². The maximum absolute atomic E-state index is 12.0. The van der Waals surface area contributed by atoms with Crippen LogP contribution >= 0.6 is 0 Å². The number of Topliss-reactive ketones (excluding diaryl/α,β-unsaturated/α-hetero) is 1. The molecule has 0 heterocycles. The molecule has 0 aromatic carbocycles. The van der Waals surface area contributed by atoms with Crippen molar-refractivity contribution in [3.05, 3.63) is 0 Å². The first-order valence-electron chi connectivity index (χ1n) is 14.2. The molecule has 8 bridgehead atoms. The molecule has 0 unspecified atom stereocenters. The second-order valence-electron chi connectivity index (χ2n) is 14.6. The van der Waals surface area contributed by atoms with E-state index in [1.807, 2.05) is 0 Å². The molecule has 176 valence electrons. The fraction of sp³-hybridized carbons (Fsp3) is 0.967. The standard InChI is InChI=1S/C15H24O.C15H26/c1-10(2)14(16)9-15-6-11-3-12(7-15)5-13(4-11)8-15;1-11(2)3-4-15-8-12-5-13(9-15)7-14(6-12)10-15/h10-13H,3-9H2,1-2H3;11-14H,3-10H2,1-2H3. The van der Waals surface area contributed by atoms with Gasteiger partial charge in [-0.25, -0.2) is 0 Å². The van der Waals surface area contributed by atoms with Crippen LogP contribution < -0.4 is 0 Å². The largest absolute Gasteiger partial charge is 0.299 e. The van der Waals surface area contributed by atoms with Crippen LogP contribution in [-0.4, -0.2) is 5.78 Å². The Bertz CT molecular complexity index is 585. The fourth-order valence-corrected chi connectivity index (χ4v) is 10.3. The molecule has 0 spiro atoms. The zero-order valence-electron chi connectivity index (χ0n) is 21.1. The number of hydrogen-bond acceptors (Lipinski definition) is 1. The molecule has 0 radical (unpaired) electrons. The van der Waals surface area contributed by atoms with E-state index in [2.05, 4.69) is 27.7 Å². The lowest BCUT2D eigenvalue weighted by Gasteiger charge is -2.57. The van der Waals surface area contributed by atoms with Crippen molar-refractivity contribution in [3.63, 3.8) is 0 Å². The first kappa shape index (κ1) is 22.5. The van der Waals surface area contributed by atoms with Gasteiger partial charge in [0.1, 0.15) is 5.78 Å². The normalized spacial score (nSPS) is 46.5. The van der Waals surface area contributed by atoms with E-state index in [9.17, 15) is 4.79 Å². The summed E-state index contributed by atoms with van der Waals surface area (Å²) in [6.07, 6.45) is 22.1. The molecular formula is C30H50O. The highest BCUT2D eigenvalue weighted by atomic mass is 16.1. The molecule has 8 aliphatic carbocycles. The minimum atomic E-state index is 0.244. The molecule has 0 aromatic rings. The van der Waals surface area contributed by atoms with Gasteiger partial charge in [-0.3, -0.25) is 4.79 Å². The maximum Gasteiger partial charge on any atom is 0.135 e. The van der Waals surface area contributed by atoms with E-state index in [0.29, 0.717) is 11.2 Å². The van der Waals surface area contributed by atoms with Crippen LogP contribution in [0.15, 0.2) is 0 Å². The van der Waals surface area contributed by atoms with Crippen molar-refractivity contribution in [2.45, 2.75) is 124 Å². The Hall–Kier alpha value is -0.330. The molecule has 0 amide bonds. The summed E-state index contributed by atoms with van der Waals surface area (Å²) in [4.78, 5) is 12.0. The van der Waals surface area contributed by atoms with Gasteiger partial charge in [-0.1, -0.05) is 34.1 Å². The monoisotopic (exact) mass is 426 g/mol. The Labute approximate surface area is 192 Å². The van der Waals surface area contributed by atoms with Gasteiger partial charge in [0.05, 0.1) is 0 Å². The highest BCUT2D eigenvalue weighted by Gasteiger charge is 2.52. The molecule has 31 heavy (non-hydrogen) atoms. The van der Waals surface area contributed by atoms with Gasteiger partial charge in [-0.2, -0.15) is 0 Å². The van der Waals surface area contributed by atoms with E-state index in [4.69, 9.17) is 0 Å². The molecule has 8 aliphatic rings. The van der Waals surface area contributed by atoms with Crippen molar-refractivity contribution in [2.75, 3.05) is 0 Å². The zero-order valence-corrected chi connectivity index (χ0v) is 21.1. The van der Waals surface area contributed by atoms with Gasteiger partial charge in [-0.05, 0) is 136 Å². The van der Waals surface area contributed by atoms with Crippen molar-refractivity contribution in [3.8, 4) is 0 Å². The van der Waals surface area contributed by atoms with Crippen molar-refractivity contribution in [2.24, 2.45) is 58.2 Å². The molecule has 1 heteroatoms. The van der Waals surface area contributed by atoms with Gasteiger partial charge in [-0.15, -0.1) is 0 Å². The van der Waals surface area contributed by atoms with Crippen molar-refractivity contribution < 1.29 is 4.79 Å². The van der Waals surface area contributed by atoms with Crippen LogP contribution in [0.2, 0.25) is 0 Å². The Morgan fingerprint density at radius 1 is 0.645 bits per heavy atom. The molecule has 8 saturated carbocycles. The topological polar surface area (TPSA) is 17.1 Å². The number of carbonyl (C=O) groups excluding carboxylic acids is 1. The van der Waals surface area contributed by atoms with E-state index in [0.717, 1.165) is 53.3 Å². The van der Waals surface area contributed by atoms with Crippen molar-refractivity contribution >= 4 is 5.78 Å². The van der Waals surface area contributed by atoms with Crippen molar-refractivity contribution in [1.29, 1.82) is 0 Å². The third-order valence-electron chi connectivity index (χ3n) is 10.8. The predicted octanol–water partition coefficient (Wildman–Crippen LogP) is 8.46. The minimum absolute atomic E-state index is 0.244. The number of ketones is 1. The molecule has 0 aliphatic heterocycles. The van der Waals surface area contributed by atoms with Crippen LogP contribution in [0.5, 0.6) is 0 Å². The summed E-state index contributed by atoms with van der Waals surface area (Å²) in [5.41, 5.74) is 1.29. The Balaban J connectivity index is 0.000000132. The summed E-state index contributed by atoms with van der Waals surface area (Å²) >= 11 is 0. The second-order valence-corrected chi connectivity index (χ2v) is 14.6. The minimum Gasteiger partial charge on any atom is -0.299 e. The number of rotatable bonds is 6. The second kappa shape index (κ2) is 8.47. The molecule has 0 N–H and O–H groups in total. The lowest BCUT2D eigenvalue weighted by Crippen LogP contribution is -2.47. The summed E-state index contributed by atoms with van der Waals surface area (Å²) in [5, 5.41) is 0. The van der Waals surface area contributed by atoms with Gasteiger partial charge < -0.3 is 0 Å². The van der Waals surface area contributed by atoms with Gasteiger partial charge in [0.15, 0.2) is 0 Å². The molecule has 8 fully saturated rings. The summed E-state index contributed by atoms with van der Waals surface area (Å²) in [6, 6.07) is 0. The van der Waals surface area contributed by atoms with Gasteiger partial charge in [0, 0.05) is 12.3 Å². The first-order chi connectivity index (χ1) is 14.7. The Morgan fingerprint density at radius 3 is 1.32 bits per heavy atom. The quantitative estimate of drug-likeness (QED) is 0.416. The van der Waals surface area contributed by atoms with Crippen LogP contribution in [0.4, 0.5) is 0 Å². The zero-order chi connectivity index (χ0) is 21.8. The smallest absolute Gasteiger partial charge is 0.135 e. The van der Waals surface area contributed by atoms with E-state index in [1.54, 1.807) is 44.9 Å². The lowest BCUT2D eigenvalue weighted by atomic mass is 9.48. The van der Waals surface area contributed by atoms with Crippen LogP contribution in [-0.2, 0) is 4.79 Å². The van der Waals surface area contributed by atoms with Gasteiger partial charge in [0.25, 0.3) is 0 Å². The molecular weight excluding hydrogens is 376 g/mol. The summed E-state index contributed by atoms with van der Waals surface area (Å²) in [5.74, 6) is 8.03. The van der Waals surface area contributed by atoms with Crippen LogP contribution in [0.3, 0.4) is 0 Å². The van der Waals surface area contributed by atoms with E-state index >= 15 is 0 Å². The van der Waals surface area contributed by atoms with Crippen molar-refractivity contribution in [1.82, 2.24) is 0 Å². The fourth-order valence-electron chi connectivity index (χ4n) is 10.3. The SMILES string of the molecule is CC(C)C(=O)CC12CC3CC(CC(C3)C1)C2.CC(C)CCC12CC3CC(CC(C3)C1)C2.